The van der Waals surface area contributed by atoms with Crippen LogP contribution in [-0.2, 0) is 10.3 Å². The Hall–Kier alpha value is -3.82. The quantitative estimate of drug-likeness (QED) is 0.569. The van der Waals surface area contributed by atoms with Crippen molar-refractivity contribution < 1.29 is 33.8 Å². The van der Waals surface area contributed by atoms with Crippen molar-refractivity contribution in [3.05, 3.63) is 58.1 Å². The van der Waals surface area contributed by atoms with Crippen molar-refractivity contribution in [2.45, 2.75) is 18.9 Å². The first-order valence-electron chi connectivity index (χ1n) is 8.13. The van der Waals surface area contributed by atoms with Gasteiger partial charge in [0.1, 0.15) is 5.75 Å². The second kappa shape index (κ2) is 7.43. The summed E-state index contributed by atoms with van der Waals surface area (Å²) in [6, 6.07) is 9.77. The highest BCUT2D eigenvalue weighted by Crippen LogP contribution is 2.37. The molecule has 1 aliphatic heterocycles. The molecule has 2 aromatic rings. The average molecular weight is 388 g/mol. The lowest BCUT2D eigenvalue weighted by atomic mass is 9.88. The molecule has 0 fully saturated rings. The van der Waals surface area contributed by atoms with E-state index in [1.807, 2.05) is 0 Å². The first kappa shape index (κ1) is 19.0. The van der Waals surface area contributed by atoms with Gasteiger partial charge in [0.05, 0.1) is 16.9 Å². The number of hydrogen-bond acceptors (Lipinski definition) is 7. The number of aliphatic carboxylic acids is 1. The number of fused-ring (bicyclic) bond motifs is 1. The number of rotatable bonds is 6. The van der Waals surface area contributed by atoms with Crippen molar-refractivity contribution >= 4 is 17.7 Å². The summed E-state index contributed by atoms with van der Waals surface area (Å²) < 4.78 is 15.7. The number of nitrogens with one attached hydrogen (secondary N) is 1. The van der Waals surface area contributed by atoms with Crippen molar-refractivity contribution in [2.24, 2.45) is 0 Å². The number of nitrogens with zero attached hydrogens (tertiary/aromatic N) is 1. The van der Waals surface area contributed by atoms with Gasteiger partial charge in [-0.3, -0.25) is 14.9 Å². The summed E-state index contributed by atoms with van der Waals surface area (Å²) in [7, 11) is 0. The van der Waals surface area contributed by atoms with Crippen LogP contribution in [0.3, 0.4) is 0 Å². The van der Waals surface area contributed by atoms with Crippen LogP contribution in [0.15, 0.2) is 42.5 Å². The van der Waals surface area contributed by atoms with E-state index in [0.717, 1.165) is 0 Å². The van der Waals surface area contributed by atoms with E-state index in [4.69, 9.17) is 14.2 Å². The van der Waals surface area contributed by atoms with Crippen LogP contribution >= 0.6 is 0 Å². The Morgan fingerprint density at radius 1 is 1.21 bits per heavy atom. The van der Waals surface area contributed by atoms with E-state index in [-0.39, 0.29) is 18.2 Å². The van der Waals surface area contributed by atoms with E-state index in [1.165, 1.54) is 31.2 Å². The fourth-order valence-electron chi connectivity index (χ4n) is 2.75. The summed E-state index contributed by atoms with van der Waals surface area (Å²) in [5, 5.41) is 22.5. The number of carbonyl (C=O) groups is 2. The number of nitro benzene ring substituents is 1. The molecule has 0 unspecified atom stereocenters. The number of carboxylic acid groups (broad SMARTS) is 1. The van der Waals surface area contributed by atoms with E-state index in [9.17, 15) is 24.8 Å². The van der Waals surface area contributed by atoms with Gasteiger partial charge < -0.3 is 24.6 Å². The monoisotopic (exact) mass is 388 g/mol. The van der Waals surface area contributed by atoms with E-state index < -0.39 is 28.9 Å². The molecular weight excluding hydrogens is 372 g/mol. The fraction of sp³-hybridized carbons (Fsp3) is 0.222. The third kappa shape index (κ3) is 4.11. The Balaban J connectivity index is 1.78. The molecule has 1 aliphatic rings. The molecule has 1 amide bonds. The standard InChI is InChI=1S/C18H16N2O8/c1-18(9-16(21)22,11-2-7-14-15(8-11)27-10-26-14)19-17(23)28-13-5-3-12(4-6-13)20(24)25/h2-8H,9-10H2,1H3,(H,19,23)(H,21,22)/t18-/m0/s1. The average Bonchev–Trinajstić information content (AvgIpc) is 3.09. The van der Waals surface area contributed by atoms with E-state index in [0.29, 0.717) is 17.1 Å². The Morgan fingerprint density at radius 2 is 1.89 bits per heavy atom. The maximum atomic E-state index is 12.3. The Bertz CT molecular complexity index is 928. The predicted molar refractivity (Wildman–Crippen MR) is 94.4 cm³/mol. The lowest BCUT2D eigenvalue weighted by molar-refractivity contribution is -0.384. The van der Waals surface area contributed by atoms with Crippen molar-refractivity contribution in [1.29, 1.82) is 0 Å². The number of carbonyl (C=O) groups excluding carboxylic acids is 1. The molecule has 146 valence electrons. The minimum absolute atomic E-state index is 0.0596. The Labute approximate surface area is 158 Å². The lowest BCUT2D eigenvalue weighted by Gasteiger charge is -2.29. The molecule has 1 atom stereocenters. The van der Waals surface area contributed by atoms with Crippen LogP contribution in [0.25, 0.3) is 0 Å². The number of hydrogen-bond donors (Lipinski definition) is 2. The van der Waals surface area contributed by atoms with Crippen molar-refractivity contribution in [1.82, 2.24) is 5.32 Å². The summed E-state index contributed by atoms with van der Waals surface area (Å²) in [5.74, 6) is -0.0863. The summed E-state index contributed by atoms with van der Waals surface area (Å²) >= 11 is 0. The Morgan fingerprint density at radius 3 is 2.54 bits per heavy atom. The maximum absolute atomic E-state index is 12.3. The van der Waals surface area contributed by atoms with Gasteiger partial charge in [0, 0.05) is 12.1 Å². The van der Waals surface area contributed by atoms with Gasteiger partial charge in [0.15, 0.2) is 11.5 Å². The number of nitro groups is 1. The first-order chi connectivity index (χ1) is 13.3. The minimum Gasteiger partial charge on any atom is -0.481 e. The number of amides is 1. The zero-order valence-corrected chi connectivity index (χ0v) is 14.7. The summed E-state index contributed by atoms with van der Waals surface area (Å²) in [6.07, 6.45) is -1.32. The SMILES string of the molecule is C[C@@](CC(=O)O)(NC(=O)Oc1ccc([N+](=O)[O-])cc1)c1ccc2c(c1)OCO2. The highest BCUT2D eigenvalue weighted by molar-refractivity contribution is 5.75. The maximum Gasteiger partial charge on any atom is 0.413 e. The Kier molecular flexibility index (Phi) is 5.03. The van der Waals surface area contributed by atoms with Crippen LogP contribution < -0.4 is 19.5 Å². The molecule has 0 spiro atoms. The number of non-ortho nitro benzene ring substituents is 1. The zero-order valence-electron chi connectivity index (χ0n) is 14.7. The normalized spacial score (nSPS) is 14.0. The highest BCUT2D eigenvalue weighted by Gasteiger charge is 2.34. The summed E-state index contributed by atoms with van der Waals surface area (Å²) in [5.41, 5.74) is -0.964. The molecule has 3 rings (SSSR count). The van der Waals surface area contributed by atoms with E-state index >= 15 is 0 Å². The summed E-state index contributed by atoms with van der Waals surface area (Å²) in [4.78, 5) is 33.8. The van der Waals surface area contributed by atoms with Gasteiger partial charge in [-0.25, -0.2) is 4.79 Å². The lowest BCUT2D eigenvalue weighted by Crippen LogP contribution is -2.46. The molecule has 10 heteroatoms. The third-order valence-electron chi connectivity index (χ3n) is 4.15. The van der Waals surface area contributed by atoms with E-state index in [1.54, 1.807) is 18.2 Å². The largest absolute Gasteiger partial charge is 0.481 e. The predicted octanol–water partition coefficient (Wildman–Crippen LogP) is 2.80. The van der Waals surface area contributed by atoms with Crippen molar-refractivity contribution in [3.8, 4) is 17.2 Å². The third-order valence-corrected chi connectivity index (χ3v) is 4.15. The van der Waals surface area contributed by atoms with Gasteiger partial charge in [0.25, 0.3) is 5.69 Å². The molecule has 10 nitrogen and oxygen atoms in total. The molecule has 0 bridgehead atoms. The number of carboxylic acids is 1. The van der Waals surface area contributed by atoms with Crippen LogP contribution in [0.1, 0.15) is 18.9 Å². The molecule has 1 heterocycles. The number of ether oxygens (including phenoxy) is 3. The van der Waals surface area contributed by atoms with Gasteiger partial charge in [-0.1, -0.05) is 6.07 Å². The van der Waals surface area contributed by atoms with Gasteiger partial charge in [-0.15, -0.1) is 0 Å². The van der Waals surface area contributed by atoms with Gasteiger partial charge in [-0.05, 0) is 36.8 Å². The topological polar surface area (TPSA) is 137 Å². The fourth-order valence-corrected chi connectivity index (χ4v) is 2.75. The van der Waals surface area contributed by atoms with Crippen LogP contribution in [0, 0.1) is 10.1 Å². The second-order valence-corrected chi connectivity index (χ2v) is 6.24. The highest BCUT2D eigenvalue weighted by atomic mass is 16.7. The van der Waals surface area contributed by atoms with Crippen molar-refractivity contribution in [3.63, 3.8) is 0 Å². The van der Waals surface area contributed by atoms with Crippen molar-refractivity contribution in [2.75, 3.05) is 6.79 Å². The smallest absolute Gasteiger partial charge is 0.413 e. The first-order valence-corrected chi connectivity index (χ1v) is 8.13. The molecule has 28 heavy (non-hydrogen) atoms. The molecule has 0 radical (unpaired) electrons. The van der Waals surface area contributed by atoms with Gasteiger partial charge >= 0.3 is 12.1 Å². The molecule has 0 saturated heterocycles. The van der Waals surface area contributed by atoms with E-state index in [2.05, 4.69) is 5.32 Å². The van der Waals surface area contributed by atoms with Crippen LogP contribution in [0.4, 0.5) is 10.5 Å². The second-order valence-electron chi connectivity index (χ2n) is 6.24. The zero-order chi connectivity index (χ0) is 20.3. The van der Waals surface area contributed by atoms with Crippen LogP contribution in [0.5, 0.6) is 17.2 Å². The molecule has 0 aliphatic carbocycles. The molecule has 0 saturated carbocycles. The summed E-state index contributed by atoms with van der Waals surface area (Å²) in [6.45, 7) is 1.60. The van der Waals surface area contributed by atoms with Gasteiger partial charge in [0.2, 0.25) is 6.79 Å². The van der Waals surface area contributed by atoms with Crippen LogP contribution in [0.2, 0.25) is 0 Å². The molecular formula is C18H16N2O8. The molecule has 2 aromatic carbocycles. The number of benzene rings is 2. The van der Waals surface area contributed by atoms with Gasteiger partial charge in [-0.2, -0.15) is 0 Å². The molecule has 2 N–H and O–H groups in total. The molecule has 0 aromatic heterocycles. The van der Waals surface area contributed by atoms with Crippen LogP contribution in [-0.4, -0.2) is 28.9 Å². The minimum atomic E-state index is -1.30.